The zero-order valence-electron chi connectivity index (χ0n) is 9.53. The van der Waals surface area contributed by atoms with Crippen molar-refractivity contribution in [2.45, 2.75) is 38.8 Å². The maximum atomic E-state index is 5.41. The van der Waals surface area contributed by atoms with Crippen molar-refractivity contribution in [2.75, 3.05) is 0 Å². The van der Waals surface area contributed by atoms with Gasteiger partial charge < -0.3 is 9.73 Å². The molecule has 1 atom stereocenters. The number of hydrogen-bond acceptors (Lipinski definition) is 4. The van der Waals surface area contributed by atoms with E-state index in [4.69, 9.17) is 10.3 Å². The highest BCUT2D eigenvalue weighted by Gasteiger charge is 2.22. The van der Waals surface area contributed by atoms with Crippen LogP contribution in [0.4, 0.5) is 0 Å². The summed E-state index contributed by atoms with van der Waals surface area (Å²) in [6.07, 6.45) is 3.97. The first-order valence-corrected chi connectivity index (χ1v) is 5.42. The zero-order valence-corrected chi connectivity index (χ0v) is 9.53. The molecule has 0 spiro atoms. The van der Waals surface area contributed by atoms with Gasteiger partial charge in [-0.05, 0) is 26.7 Å². The number of aliphatic imine (C=N–C) groups is 1. The topological polar surface area (TPSA) is 88.5 Å². The fraction of sp³-hybridized carbons (Fsp3) is 0.600. The lowest BCUT2D eigenvalue weighted by Gasteiger charge is -2.13. The van der Waals surface area contributed by atoms with Gasteiger partial charge in [-0.1, -0.05) is 0 Å². The van der Waals surface area contributed by atoms with Crippen LogP contribution in [0.5, 0.6) is 0 Å². The summed E-state index contributed by atoms with van der Waals surface area (Å²) in [5.41, 5.74) is 2.55. The molecule has 2 rings (SSSR count). The molecule has 0 amide bonds. The molecule has 1 heterocycles. The molecule has 1 aromatic heterocycles. The molecular formula is C10H17N5O. The number of oxazole rings is 1. The lowest BCUT2D eigenvalue weighted by atomic mass is 10.3. The third kappa shape index (κ3) is 2.73. The normalized spacial score (nSPS) is 18.3. The predicted molar refractivity (Wildman–Crippen MR) is 60.6 cm³/mol. The van der Waals surface area contributed by atoms with E-state index < -0.39 is 0 Å². The molecule has 4 N–H and O–H groups in total. The Balaban J connectivity index is 1.97. The Bertz CT molecular complexity index is 382. The van der Waals surface area contributed by atoms with Gasteiger partial charge in [0.05, 0.1) is 12.2 Å². The van der Waals surface area contributed by atoms with Crippen LogP contribution in [0.25, 0.3) is 0 Å². The molecule has 1 aliphatic carbocycles. The maximum absolute atomic E-state index is 5.41. The molecule has 88 valence electrons. The summed E-state index contributed by atoms with van der Waals surface area (Å²) in [7, 11) is 0. The second-order valence-electron chi connectivity index (χ2n) is 4.03. The van der Waals surface area contributed by atoms with Gasteiger partial charge in [-0.2, -0.15) is 0 Å². The molecule has 16 heavy (non-hydrogen) atoms. The number of hydrogen-bond donors (Lipinski definition) is 3. The Hall–Kier alpha value is -1.56. The number of guanidine groups is 1. The lowest BCUT2D eigenvalue weighted by Crippen LogP contribution is -2.43. The monoisotopic (exact) mass is 223 g/mol. The number of rotatable bonds is 3. The second kappa shape index (κ2) is 4.52. The molecule has 0 aliphatic heterocycles. The van der Waals surface area contributed by atoms with Crippen molar-refractivity contribution in [1.29, 1.82) is 0 Å². The van der Waals surface area contributed by atoms with E-state index in [-0.39, 0.29) is 6.04 Å². The molecule has 0 saturated heterocycles. The van der Waals surface area contributed by atoms with Crippen LogP contribution >= 0.6 is 0 Å². The van der Waals surface area contributed by atoms with Crippen LogP contribution in [0.2, 0.25) is 0 Å². The Morgan fingerprint density at radius 2 is 2.44 bits per heavy atom. The van der Waals surface area contributed by atoms with Crippen molar-refractivity contribution in [3.63, 3.8) is 0 Å². The minimum absolute atomic E-state index is 0.0535. The second-order valence-corrected chi connectivity index (χ2v) is 4.03. The summed E-state index contributed by atoms with van der Waals surface area (Å²) < 4.78 is 5.41. The van der Waals surface area contributed by atoms with Gasteiger partial charge in [-0.15, -0.1) is 0 Å². The Morgan fingerprint density at radius 1 is 1.69 bits per heavy atom. The van der Waals surface area contributed by atoms with Gasteiger partial charge in [0.2, 0.25) is 11.9 Å². The molecule has 1 fully saturated rings. The zero-order chi connectivity index (χ0) is 11.5. The minimum atomic E-state index is -0.0535. The Labute approximate surface area is 94.3 Å². The maximum Gasteiger partial charge on any atom is 0.216 e. The molecule has 6 heteroatoms. The summed E-state index contributed by atoms with van der Waals surface area (Å²) in [5.74, 6) is 7.41. The quantitative estimate of drug-likeness (QED) is 0.302. The highest BCUT2D eigenvalue weighted by molar-refractivity contribution is 5.79. The predicted octanol–water partition coefficient (Wildman–Crippen LogP) is 0.615. The van der Waals surface area contributed by atoms with Crippen LogP contribution in [0.15, 0.2) is 15.6 Å². The molecule has 0 radical (unpaired) electrons. The molecule has 1 aromatic rings. The van der Waals surface area contributed by atoms with E-state index in [9.17, 15) is 0 Å². The van der Waals surface area contributed by atoms with Gasteiger partial charge in [0.15, 0.2) is 0 Å². The summed E-state index contributed by atoms with van der Waals surface area (Å²) >= 11 is 0. The molecule has 1 aliphatic rings. The van der Waals surface area contributed by atoms with Gasteiger partial charge in [-0.3, -0.25) is 5.43 Å². The smallest absolute Gasteiger partial charge is 0.216 e. The van der Waals surface area contributed by atoms with Gasteiger partial charge >= 0.3 is 0 Å². The third-order valence-electron chi connectivity index (χ3n) is 2.36. The summed E-state index contributed by atoms with van der Waals surface area (Å²) in [6.45, 7) is 3.81. The molecule has 6 nitrogen and oxygen atoms in total. The molecule has 1 saturated carbocycles. The van der Waals surface area contributed by atoms with Crippen LogP contribution < -0.4 is 16.6 Å². The summed E-state index contributed by atoms with van der Waals surface area (Å²) in [6, 6.07) is 0.360. The van der Waals surface area contributed by atoms with Crippen molar-refractivity contribution in [3.05, 3.63) is 17.8 Å². The first kappa shape index (κ1) is 10.9. The standard InChI is InChI=1S/C10H17N5O/c1-6-5-12-9(16-6)7(2)13-10(15-11)14-8-3-4-8/h5,7-8H,3-4,11H2,1-2H3,(H2,13,14,15). The van der Waals surface area contributed by atoms with E-state index in [1.807, 2.05) is 13.8 Å². The van der Waals surface area contributed by atoms with Crippen molar-refractivity contribution in [3.8, 4) is 0 Å². The van der Waals surface area contributed by atoms with Gasteiger partial charge in [0.25, 0.3) is 0 Å². The van der Waals surface area contributed by atoms with Gasteiger partial charge in [-0.25, -0.2) is 15.8 Å². The van der Waals surface area contributed by atoms with E-state index in [0.717, 1.165) is 18.6 Å². The summed E-state index contributed by atoms with van der Waals surface area (Å²) in [5, 5.41) is 3.13. The van der Waals surface area contributed by atoms with Crippen LogP contribution in [0.3, 0.4) is 0 Å². The average molecular weight is 223 g/mol. The largest absolute Gasteiger partial charge is 0.444 e. The van der Waals surface area contributed by atoms with Crippen LogP contribution in [-0.4, -0.2) is 17.0 Å². The average Bonchev–Trinajstić information content (AvgIpc) is 2.97. The number of aromatic nitrogens is 1. The molecule has 0 aromatic carbocycles. The third-order valence-corrected chi connectivity index (χ3v) is 2.36. The number of nitrogens with one attached hydrogen (secondary N) is 2. The Morgan fingerprint density at radius 3 is 2.94 bits per heavy atom. The highest BCUT2D eigenvalue weighted by atomic mass is 16.4. The molecule has 1 unspecified atom stereocenters. The summed E-state index contributed by atoms with van der Waals surface area (Å²) in [4.78, 5) is 8.52. The van der Waals surface area contributed by atoms with E-state index >= 15 is 0 Å². The van der Waals surface area contributed by atoms with Gasteiger partial charge in [0.1, 0.15) is 11.8 Å². The van der Waals surface area contributed by atoms with Crippen LogP contribution in [-0.2, 0) is 0 Å². The number of aryl methyl sites for hydroxylation is 1. The van der Waals surface area contributed by atoms with Crippen LogP contribution in [0.1, 0.15) is 37.5 Å². The first-order chi connectivity index (χ1) is 7.69. The number of nitrogens with zero attached hydrogens (tertiary/aromatic N) is 2. The van der Waals surface area contributed by atoms with E-state index in [0.29, 0.717) is 17.9 Å². The SMILES string of the molecule is Cc1cnc(C(C)NC(=NC2CC2)NN)o1. The number of hydrazine groups is 1. The van der Waals surface area contributed by atoms with E-state index in [1.165, 1.54) is 0 Å². The van der Waals surface area contributed by atoms with Crippen molar-refractivity contribution >= 4 is 5.96 Å². The Kier molecular flexibility index (Phi) is 3.09. The fourth-order valence-electron chi connectivity index (χ4n) is 1.34. The van der Waals surface area contributed by atoms with Crippen molar-refractivity contribution in [2.24, 2.45) is 10.8 Å². The van der Waals surface area contributed by atoms with E-state index in [2.05, 4.69) is 20.7 Å². The van der Waals surface area contributed by atoms with Crippen LogP contribution in [0, 0.1) is 6.92 Å². The molecule has 0 bridgehead atoms. The van der Waals surface area contributed by atoms with E-state index in [1.54, 1.807) is 6.20 Å². The van der Waals surface area contributed by atoms with Crippen molar-refractivity contribution in [1.82, 2.24) is 15.7 Å². The highest BCUT2D eigenvalue weighted by Crippen LogP contribution is 2.23. The first-order valence-electron chi connectivity index (χ1n) is 5.42. The molecular weight excluding hydrogens is 206 g/mol. The lowest BCUT2D eigenvalue weighted by molar-refractivity contribution is 0.427. The van der Waals surface area contributed by atoms with Gasteiger partial charge in [0, 0.05) is 0 Å². The number of nitrogens with two attached hydrogens (primary N) is 1. The minimum Gasteiger partial charge on any atom is -0.444 e. The fourth-order valence-corrected chi connectivity index (χ4v) is 1.34. The van der Waals surface area contributed by atoms with Crippen molar-refractivity contribution < 1.29 is 4.42 Å².